The minimum atomic E-state index is -0.902. The second-order valence-electron chi connectivity index (χ2n) is 12.8. The second kappa shape index (κ2) is 10.1. The number of aryl methyl sites for hydroxylation is 1. The molecule has 7 rings (SSSR count). The van der Waals surface area contributed by atoms with Gasteiger partial charge in [-0.25, -0.2) is 13.6 Å². The summed E-state index contributed by atoms with van der Waals surface area (Å²) in [6.07, 6.45) is 1.30. The Labute approximate surface area is 247 Å². The summed E-state index contributed by atoms with van der Waals surface area (Å²) in [5.41, 5.74) is -0.215. The smallest absolute Gasteiger partial charge is 0.349 e. The molecule has 4 aromatic rings. The molecule has 0 radical (unpaired) electrons. The first-order valence-electron chi connectivity index (χ1n) is 14.6. The summed E-state index contributed by atoms with van der Waals surface area (Å²) in [6, 6.07) is 7.46. The molecule has 9 nitrogen and oxygen atoms in total. The first kappa shape index (κ1) is 28.0. The zero-order chi connectivity index (χ0) is 30.1. The highest BCUT2D eigenvalue weighted by Crippen LogP contribution is 2.42. The fourth-order valence-electron chi connectivity index (χ4n) is 7.20. The number of phenols is 1. The summed E-state index contributed by atoms with van der Waals surface area (Å²) in [4.78, 5) is 27.2. The number of aromatic nitrogens is 2. The van der Waals surface area contributed by atoms with Crippen molar-refractivity contribution in [3.63, 3.8) is 0 Å². The highest BCUT2D eigenvalue weighted by atomic mass is 19.1. The van der Waals surface area contributed by atoms with Crippen LogP contribution in [0.25, 0.3) is 33.0 Å². The van der Waals surface area contributed by atoms with Gasteiger partial charge < -0.3 is 23.9 Å². The van der Waals surface area contributed by atoms with Crippen molar-refractivity contribution >= 4 is 27.5 Å². The van der Waals surface area contributed by atoms with Crippen molar-refractivity contribution < 1.29 is 27.8 Å². The van der Waals surface area contributed by atoms with Crippen molar-refractivity contribution in [1.82, 2.24) is 14.9 Å². The number of phenolic OH excluding ortho intramolecular Hbond substituents is 1. The monoisotopic (exact) mass is 592 g/mol. The fourth-order valence-corrected chi connectivity index (χ4v) is 7.20. The molecule has 0 unspecified atom stereocenters. The highest BCUT2D eigenvalue weighted by Gasteiger charge is 2.49. The number of fused-ring (bicyclic) bond motifs is 3. The van der Waals surface area contributed by atoms with E-state index in [1.54, 1.807) is 19.1 Å². The number of nitrogens with zero attached hydrogens (tertiary/aromatic N) is 4. The third kappa shape index (κ3) is 4.69. The second-order valence-corrected chi connectivity index (χ2v) is 12.8. The number of hydrogen-bond acceptors (Lipinski definition) is 9. The van der Waals surface area contributed by atoms with Crippen molar-refractivity contribution in [2.75, 3.05) is 51.4 Å². The zero-order valence-corrected chi connectivity index (χ0v) is 24.5. The molecule has 43 heavy (non-hydrogen) atoms. The lowest BCUT2D eigenvalue weighted by atomic mass is 9.88. The lowest BCUT2D eigenvalue weighted by Gasteiger charge is -2.41. The summed E-state index contributed by atoms with van der Waals surface area (Å²) >= 11 is 0. The molecule has 0 aliphatic carbocycles. The molecule has 1 N–H and O–H groups in total. The van der Waals surface area contributed by atoms with E-state index in [0.717, 1.165) is 19.4 Å². The predicted octanol–water partition coefficient (Wildman–Crippen LogP) is 4.98. The van der Waals surface area contributed by atoms with Crippen LogP contribution in [-0.2, 0) is 4.74 Å². The number of rotatable bonds is 7. The van der Waals surface area contributed by atoms with Crippen LogP contribution < -0.4 is 15.3 Å². The van der Waals surface area contributed by atoms with E-state index in [2.05, 4.69) is 11.8 Å². The SMILES string of the molecule is Cc1c(-c2cc(O)cc3cccc(F)c23)oc(=O)c2c(N(C)CC3(C)COC3)nc(OC[C@@]34CCCN3C[C@H](F)C4)nc12. The van der Waals surface area contributed by atoms with Crippen LogP contribution in [0, 0.1) is 18.2 Å². The standard InChI is InChI=1S/C32H34F2N4O5/c1-18-26-25(29(40)43-27(18)22-11-21(39)10-19-6-4-7-23(34)24(19)22)28(37(3)14-31(2)15-41-16-31)36-30(35-26)42-17-32-8-5-9-38(32)13-20(33)12-32/h4,6-7,10-11,20,39H,5,8-9,12-17H2,1-3H3/t20-,32+/m1/s1. The normalized spacial score (nSPS) is 23.0. The van der Waals surface area contributed by atoms with E-state index >= 15 is 4.39 Å². The molecule has 0 saturated carbocycles. The molecule has 0 amide bonds. The Balaban J connectivity index is 1.38. The van der Waals surface area contributed by atoms with Crippen LogP contribution in [-0.4, -0.2) is 78.2 Å². The van der Waals surface area contributed by atoms with Gasteiger partial charge in [0.1, 0.15) is 35.5 Å². The average molecular weight is 593 g/mol. The van der Waals surface area contributed by atoms with Crippen LogP contribution in [0.2, 0.25) is 0 Å². The van der Waals surface area contributed by atoms with Crippen molar-refractivity contribution in [3.8, 4) is 23.1 Å². The quantitative estimate of drug-likeness (QED) is 0.318. The van der Waals surface area contributed by atoms with Gasteiger partial charge in [-0.1, -0.05) is 19.1 Å². The molecule has 226 valence electrons. The van der Waals surface area contributed by atoms with Gasteiger partial charge in [-0.05, 0) is 49.9 Å². The number of alkyl halides is 1. The maximum atomic E-state index is 15.1. The van der Waals surface area contributed by atoms with Crippen LogP contribution in [0.3, 0.4) is 0 Å². The molecule has 3 aliphatic heterocycles. The van der Waals surface area contributed by atoms with Crippen molar-refractivity contribution in [2.45, 2.75) is 44.8 Å². The topological polar surface area (TPSA) is 101 Å². The molecule has 3 aliphatic rings. The molecule has 0 spiro atoms. The van der Waals surface area contributed by atoms with Crippen LogP contribution in [0.4, 0.5) is 14.6 Å². The van der Waals surface area contributed by atoms with E-state index in [4.69, 9.17) is 23.9 Å². The maximum absolute atomic E-state index is 15.1. The van der Waals surface area contributed by atoms with E-state index in [-0.39, 0.29) is 45.9 Å². The third-order valence-corrected chi connectivity index (χ3v) is 9.23. The molecular weight excluding hydrogens is 558 g/mol. The van der Waals surface area contributed by atoms with Crippen LogP contribution in [0.15, 0.2) is 39.5 Å². The molecule has 0 bridgehead atoms. The van der Waals surface area contributed by atoms with Gasteiger partial charge >= 0.3 is 11.6 Å². The third-order valence-electron chi connectivity index (χ3n) is 9.23. The lowest BCUT2D eigenvalue weighted by Crippen LogP contribution is -2.48. The van der Waals surface area contributed by atoms with Gasteiger partial charge in [0.25, 0.3) is 0 Å². The van der Waals surface area contributed by atoms with Gasteiger partial charge in [-0.3, -0.25) is 4.90 Å². The van der Waals surface area contributed by atoms with Crippen LogP contribution >= 0.6 is 0 Å². The molecule has 2 aromatic carbocycles. The Hall–Kier alpha value is -3.83. The Kier molecular flexibility index (Phi) is 6.59. The number of ether oxygens (including phenoxy) is 2. The van der Waals surface area contributed by atoms with Gasteiger partial charge in [-0.15, -0.1) is 0 Å². The Morgan fingerprint density at radius 3 is 2.81 bits per heavy atom. The predicted molar refractivity (Wildman–Crippen MR) is 158 cm³/mol. The first-order valence-corrected chi connectivity index (χ1v) is 14.6. The average Bonchev–Trinajstić information content (AvgIpc) is 3.47. The number of hydrogen-bond donors (Lipinski definition) is 1. The summed E-state index contributed by atoms with van der Waals surface area (Å²) in [6.45, 7) is 7.01. The van der Waals surface area contributed by atoms with Crippen molar-refractivity contribution in [2.24, 2.45) is 5.41 Å². The molecule has 3 saturated heterocycles. The van der Waals surface area contributed by atoms with E-state index in [9.17, 15) is 14.3 Å². The van der Waals surface area contributed by atoms with E-state index in [0.29, 0.717) is 55.0 Å². The molecular formula is C32H34F2N4O5. The van der Waals surface area contributed by atoms with Gasteiger partial charge in [-0.2, -0.15) is 9.97 Å². The largest absolute Gasteiger partial charge is 0.508 e. The molecule has 11 heteroatoms. The minimum Gasteiger partial charge on any atom is -0.508 e. The van der Waals surface area contributed by atoms with Gasteiger partial charge in [0.05, 0.1) is 24.3 Å². The van der Waals surface area contributed by atoms with Gasteiger partial charge in [0.2, 0.25) is 0 Å². The first-order chi connectivity index (χ1) is 20.6. The fraction of sp³-hybridized carbons (Fsp3) is 0.469. The van der Waals surface area contributed by atoms with Crippen molar-refractivity contribution in [1.29, 1.82) is 0 Å². The highest BCUT2D eigenvalue weighted by molar-refractivity contribution is 6.00. The molecule has 2 aromatic heterocycles. The van der Waals surface area contributed by atoms with Gasteiger partial charge in [0, 0.05) is 48.5 Å². The molecule has 3 fully saturated rings. The Morgan fingerprint density at radius 2 is 2.05 bits per heavy atom. The lowest BCUT2D eigenvalue weighted by molar-refractivity contribution is -0.0952. The summed E-state index contributed by atoms with van der Waals surface area (Å²) in [7, 11) is 1.85. The van der Waals surface area contributed by atoms with E-state index in [1.807, 2.05) is 11.9 Å². The maximum Gasteiger partial charge on any atom is 0.349 e. The Bertz CT molecular complexity index is 1810. The number of aromatic hydroxyl groups is 1. The van der Waals surface area contributed by atoms with E-state index < -0.39 is 23.2 Å². The Morgan fingerprint density at radius 1 is 1.23 bits per heavy atom. The number of benzene rings is 2. The zero-order valence-electron chi connectivity index (χ0n) is 24.5. The van der Waals surface area contributed by atoms with Crippen LogP contribution in [0.1, 0.15) is 31.7 Å². The molecule has 2 atom stereocenters. The summed E-state index contributed by atoms with van der Waals surface area (Å²) in [5, 5.41) is 11.3. The summed E-state index contributed by atoms with van der Waals surface area (Å²) in [5.74, 6) is -0.168. The molecule has 5 heterocycles. The number of anilines is 1. The van der Waals surface area contributed by atoms with Crippen LogP contribution in [0.5, 0.6) is 11.8 Å². The summed E-state index contributed by atoms with van der Waals surface area (Å²) < 4.78 is 47.1. The minimum absolute atomic E-state index is 0.0690. The van der Waals surface area contributed by atoms with Crippen molar-refractivity contribution in [3.05, 3.63) is 52.1 Å². The number of halogens is 2. The van der Waals surface area contributed by atoms with Gasteiger partial charge in [0.15, 0.2) is 5.82 Å². The van der Waals surface area contributed by atoms with E-state index in [1.165, 1.54) is 18.2 Å².